The number of rotatable bonds is 6. The van der Waals surface area contributed by atoms with Crippen LogP contribution in [-0.2, 0) is 15.9 Å². The Morgan fingerprint density at radius 3 is 2.31 bits per heavy atom. The van der Waals surface area contributed by atoms with E-state index in [1.54, 1.807) is 0 Å². The number of nitrogens with one attached hydrogen (secondary N) is 1. The average molecular weight is 532 g/mol. The second-order valence-electron chi connectivity index (χ2n) is 9.89. The molecule has 2 fully saturated rings. The normalized spacial score (nSPS) is 16.1. The van der Waals surface area contributed by atoms with Gasteiger partial charge >= 0.3 is 0 Å². The van der Waals surface area contributed by atoms with Crippen molar-refractivity contribution >= 4 is 33.8 Å². The van der Waals surface area contributed by atoms with E-state index in [1.807, 2.05) is 43.5 Å². The lowest BCUT2D eigenvalue weighted by atomic mass is 10.0. The summed E-state index contributed by atoms with van der Waals surface area (Å²) in [6, 6.07) is 14.2. The molecule has 0 aliphatic carbocycles. The molecule has 0 unspecified atom stereocenters. The standard InChI is InChI=1S/C30H31F2N5O2/c1-20-25(15-21-5-3-2-4-6-21)34-26-17-22(31)16-24(32)28(26)29(20)35-27-18-23(36-7-11-38-12-8-36)19-33-30(27)37-9-13-39-14-10-37/h2-6,16-19H,7-15H2,1H3,(H,34,35). The summed E-state index contributed by atoms with van der Waals surface area (Å²) in [5.74, 6) is -0.538. The molecule has 39 heavy (non-hydrogen) atoms. The van der Waals surface area contributed by atoms with Crippen LogP contribution in [0.25, 0.3) is 10.9 Å². The lowest BCUT2D eigenvalue weighted by Gasteiger charge is -2.32. The molecule has 2 aliphatic heterocycles. The Morgan fingerprint density at radius 1 is 0.897 bits per heavy atom. The van der Waals surface area contributed by atoms with Crippen LogP contribution in [0.5, 0.6) is 0 Å². The number of halogens is 2. The van der Waals surface area contributed by atoms with E-state index in [-0.39, 0.29) is 10.9 Å². The van der Waals surface area contributed by atoms with E-state index in [0.29, 0.717) is 51.6 Å². The summed E-state index contributed by atoms with van der Waals surface area (Å²) in [6.45, 7) is 7.40. The van der Waals surface area contributed by atoms with Gasteiger partial charge in [-0.1, -0.05) is 30.3 Å². The monoisotopic (exact) mass is 531 g/mol. The molecule has 4 heterocycles. The first-order chi connectivity index (χ1) is 19.1. The third kappa shape index (κ3) is 5.37. The van der Waals surface area contributed by atoms with E-state index in [4.69, 9.17) is 19.4 Å². The van der Waals surface area contributed by atoms with Crippen molar-refractivity contribution in [2.24, 2.45) is 0 Å². The van der Waals surface area contributed by atoms with Gasteiger partial charge in [-0.2, -0.15) is 0 Å². The molecule has 1 N–H and O–H groups in total. The Kier molecular flexibility index (Phi) is 7.26. The topological polar surface area (TPSA) is 62.8 Å². The van der Waals surface area contributed by atoms with Crippen LogP contribution in [0.2, 0.25) is 0 Å². The zero-order chi connectivity index (χ0) is 26.8. The minimum absolute atomic E-state index is 0.260. The maximum absolute atomic E-state index is 15.4. The molecule has 6 rings (SSSR count). The largest absolute Gasteiger partial charge is 0.378 e. The molecule has 4 aromatic rings. The van der Waals surface area contributed by atoms with Crippen LogP contribution in [0.15, 0.2) is 54.7 Å². The summed E-state index contributed by atoms with van der Waals surface area (Å²) in [5.41, 5.74) is 5.19. The van der Waals surface area contributed by atoms with Gasteiger partial charge in [0.15, 0.2) is 5.82 Å². The van der Waals surface area contributed by atoms with Gasteiger partial charge < -0.3 is 24.6 Å². The van der Waals surface area contributed by atoms with Crippen LogP contribution in [0.3, 0.4) is 0 Å². The summed E-state index contributed by atoms with van der Waals surface area (Å²) in [7, 11) is 0. The second kappa shape index (κ2) is 11.1. The predicted octanol–water partition coefficient (Wildman–Crippen LogP) is 5.22. The van der Waals surface area contributed by atoms with Crippen molar-refractivity contribution < 1.29 is 18.3 Å². The van der Waals surface area contributed by atoms with Gasteiger partial charge in [-0.3, -0.25) is 4.98 Å². The summed E-state index contributed by atoms with van der Waals surface area (Å²) < 4.78 is 40.8. The molecule has 2 saturated heterocycles. The maximum atomic E-state index is 15.4. The Bertz CT molecular complexity index is 1470. The van der Waals surface area contributed by atoms with Gasteiger partial charge in [-0.15, -0.1) is 0 Å². The van der Waals surface area contributed by atoms with Gasteiger partial charge in [-0.25, -0.2) is 13.8 Å². The number of hydrogen-bond acceptors (Lipinski definition) is 7. The molecular weight excluding hydrogens is 500 g/mol. The number of pyridine rings is 2. The molecule has 0 spiro atoms. The predicted molar refractivity (Wildman–Crippen MR) is 149 cm³/mol. The van der Waals surface area contributed by atoms with Crippen molar-refractivity contribution in [1.29, 1.82) is 0 Å². The first kappa shape index (κ1) is 25.5. The van der Waals surface area contributed by atoms with Crippen LogP contribution in [-0.4, -0.2) is 62.6 Å². The summed E-state index contributed by atoms with van der Waals surface area (Å²) in [4.78, 5) is 14.0. The smallest absolute Gasteiger partial charge is 0.152 e. The van der Waals surface area contributed by atoms with Crippen molar-refractivity contribution in [3.05, 3.63) is 83.2 Å². The van der Waals surface area contributed by atoms with Gasteiger partial charge in [0.2, 0.25) is 0 Å². The van der Waals surface area contributed by atoms with E-state index in [1.165, 1.54) is 6.07 Å². The zero-order valence-electron chi connectivity index (χ0n) is 21.9. The minimum atomic E-state index is -0.655. The highest BCUT2D eigenvalue weighted by atomic mass is 19.1. The van der Waals surface area contributed by atoms with E-state index in [0.717, 1.165) is 53.2 Å². The molecule has 202 valence electrons. The highest BCUT2D eigenvalue weighted by molar-refractivity contribution is 5.97. The van der Waals surface area contributed by atoms with Crippen LogP contribution in [0, 0.1) is 18.6 Å². The number of ether oxygens (including phenoxy) is 2. The molecule has 9 heteroatoms. The number of hydrogen-bond donors (Lipinski definition) is 1. The van der Waals surface area contributed by atoms with Gasteiger partial charge in [0.1, 0.15) is 11.6 Å². The van der Waals surface area contributed by atoms with Crippen LogP contribution >= 0.6 is 0 Å². The van der Waals surface area contributed by atoms with E-state index >= 15 is 4.39 Å². The molecule has 0 amide bonds. The first-order valence-corrected chi connectivity index (χ1v) is 13.3. The summed E-state index contributed by atoms with van der Waals surface area (Å²) in [6.07, 6.45) is 2.42. The highest BCUT2D eigenvalue weighted by Gasteiger charge is 2.23. The zero-order valence-corrected chi connectivity index (χ0v) is 21.9. The first-order valence-electron chi connectivity index (χ1n) is 13.3. The molecule has 0 atom stereocenters. The van der Waals surface area contributed by atoms with E-state index in [2.05, 4.69) is 21.2 Å². The SMILES string of the molecule is Cc1c(Cc2ccccc2)nc2cc(F)cc(F)c2c1Nc1cc(N2CCOCC2)cnc1N1CCOCC1. The maximum Gasteiger partial charge on any atom is 0.152 e. The van der Waals surface area contributed by atoms with Crippen molar-refractivity contribution in [2.45, 2.75) is 13.3 Å². The third-order valence-electron chi connectivity index (χ3n) is 7.36. The quantitative estimate of drug-likeness (QED) is 0.366. The summed E-state index contributed by atoms with van der Waals surface area (Å²) >= 11 is 0. The number of fused-ring (bicyclic) bond motifs is 1. The fourth-order valence-corrected chi connectivity index (χ4v) is 5.27. The highest BCUT2D eigenvalue weighted by Crippen LogP contribution is 2.38. The van der Waals surface area contributed by atoms with Gasteiger partial charge in [-0.05, 0) is 24.1 Å². The van der Waals surface area contributed by atoms with E-state index in [9.17, 15) is 4.39 Å². The van der Waals surface area contributed by atoms with Crippen molar-refractivity contribution in [2.75, 3.05) is 67.7 Å². The van der Waals surface area contributed by atoms with Crippen LogP contribution < -0.4 is 15.1 Å². The van der Waals surface area contributed by atoms with Gasteiger partial charge in [0.25, 0.3) is 0 Å². The van der Waals surface area contributed by atoms with Crippen molar-refractivity contribution in [3.63, 3.8) is 0 Å². The lowest BCUT2D eigenvalue weighted by Crippen LogP contribution is -2.38. The number of benzene rings is 2. The summed E-state index contributed by atoms with van der Waals surface area (Å²) in [5, 5.41) is 3.80. The van der Waals surface area contributed by atoms with Crippen molar-refractivity contribution in [3.8, 4) is 0 Å². The third-order valence-corrected chi connectivity index (χ3v) is 7.36. The number of anilines is 4. The fraction of sp³-hybridized carbons (Fsp3) is 0.333. The number of nitrogens with zero attached hydrogens (tertiary/aromatic N) is 4. The lowest BCUT2D eigenvalue weighted by molar-refractivity contribution is 0.122. The molecule has 2 aliphatic rings. The second-order valence-corrected chi connectivity index (χ2v) is 9.89. The van der Waals surface area contributed by atoms with E-state index < -0.39 is 11.6 Å². The molecule has 2 aromatic heterocycles. The fourth-order valence-electron chi connectivity index (χ4n) is 5.27. The molecule has 0 saturated carbocycles. The Morgan fingerprint density at radius 2 is 1.59 bits per heavy atom. The van der Waals surface area contributed by atoms with Gasteiger partial charge in [0, 0.05) is 44.7 Å². The molecule has 2 aromatic carbocycles. The number of morpholine rings is 2. The minimum Gasteiger partial charge on any atom is -0.378 e. The van der Waals surface area contributed by atoms with Crippen molar-refractivity contribution in [1.82, 2.24) is 9.97 Å². The Balaban J connectivity index is 1.48. The van der Waals surface area contributed by atoms with Crippen LogP contribution in [0.4, 0.5) is 31.7 Å². The Hall–Kier alpha value is -3.82. The van der Waals surface area contributed by atoms with Crippen LogP contribution in [0.1, 0.15) is 16.8 Å². The average Bonchev–Trinajstić information content (AvgIpc) is 2.96. The molecular formula is C30H31F2N5O2. The molecule has 0 bridgehead atoms. The Labute approximate surface area is 226 Å². The molecule has 7 nitrogen and oxygen atoms in total. The number of aromatic nitrogens is 2. The molecule has 0 radical (unpaired) electrons. The van der Waals surface area contributed by atoms with Gasteiger partial charge in [0.05, 0.1) is 66.3 Å².